The summed E-state index contributed by atoms with van der Waals surface area (Å²) < 4.78 is 3.93. The predicted molar refractivity (Wildman–Crippen MR) is 58.9 cm³/mol. The van der Waals surface area contributed by atoms with E-state index in [0.717, 1.165) is 29.6 Å². The van der Waals surface area contributed by atoms with Gasteiger partial charge in [0.2, 0.25) is 0 Å². The maximum absolute atomic E-state index is 9.48. The Kier molecular flexibility index (Phi) is 2.23. The molecule has 0 spiro atoms. The zero-order chi connectivity index (χ0) is 12.0. The molecule has 3 heterocycles. The molecule has 0 aliphatic carbocycles. The summed E-state index contributed by atoms with van der Waals surface area (Å²) in [5.41, 5.74) is 1.99. The van der Waals surface area contributed by atoms with Crippen molar-refractivity contribution in [1.29, 1.82) is 0 Å². The fraction of sp³-hybridized carbons (Fsp3) is 0.500. The lowest BCUT2D eigenvalue weighted by Crippen LogP contribution is -2.13. The summed E-state index contributed by atoms with van der Waals surface area (Å²) in [4.78, 5) is 4.55. The lowest BCUT2D eigenvalue weighted by molar-refractivity contribution is -0.0985. The summed E-state index contributed by atoms with van der Waals surface area (Å²) in [6.07, 6.45) is 1.66. The minimum atomic E-state index is 0.479. The van der Waals surface area contributed by atoms with E-state index in [1.165, 1.54) is 5.06 Å². The molecular formula is C10H14N6O. The molecule has 7 heteroatoms. The molecule has 0 fully saturated rings. The van der Waals surface area contributed by atoms with E-state index in [4.69, 9.17) is 0 Å². The minimum Gasteiger partial charge on any atom is -0.324 e. The molecule has 0 amide bonds. The molecule has 0 radical (unpaired) electrons. The average molecular weight is 234 g/mol. The van der Waals surface area contributed by atoms with Gasteiger partial charge in [0.15, 0.2) is 11.6 Å². The Morgan fingerprint density at radius 1 is 1.35 bits per heavy atom. The highest BCUT2D eigenvalue weighted by atomic mass is 16.5. The van der Waals surface area contributed by atoms with Gasteiger partial charge < -0.3 is 14.3 Å². The van der Waals surface area contributed by atoms with Crippen LogP contribution in [0.4, 0.5) is 0 Å². The summed E-state index contributed by atoms with van der Waals surface area (Å²) in [5, 5.41) is 18.7. The first-order valence-electron chi connectivity index (χ1n) is 5.57. The third-order valence-electron chi connectivity index (χ3n) is 3.05. The fourth-order valence-electron chi connectivity index (χ4n) is 2.24. The van der Waals surface area contributed by atoms with Crippen molar-refractivity contribution in [3.05, 3.63) is 17.7 Å². The van der Waals surface area contributed by atoms with Crippen LogP contribution in [0.1, 0.15) is 18.3 Å². The summed E-state index contributed by atoms with van der Waals surface area (Å²) in [7, 11) is 1.90. The molecule has 0 aromatic carbocycles. The van der Waals surface area contributed by atoms with E-state index in [9.17, 15) is 5.21 Å². The van der Waals surface area contributed by atoms with Crippen molar-refractivity contribution in [2.24, 2.45) is 7.05 Å². The van der Waals surface area contributed by atoms with Crippen LogP contribution in [-0.2, 0) is 26.7 Å². The summed E-state index contributed by atoms with van der Waals surface area (Å²) in [6.45, 7) is 3.86. The molecular weight excluding hydrogens is 220 g/mol. The standard InChI is InChI=1S/C10H14N6O/c1-3-16-8-5-15(17)4-7(8)12-9(16)10-13-11-6-14(10)2/h6,17H,3-5H2,1-2H3. The number of aryl methyl sites for hydroxylation is 1. The molecule has 0 saturated carbocycles. The third-order valence-corrected chi connectivity index (χ3v) is 3.05. The second-order valence-corrected chi connectivity index (χ2v) is 4.16. The smallest absolute Gasteiger partial charge is 0.199 e. The molecule has 1 aliphatic heterocycles. The van der Waals surface area contributed by atoms with Gasteiger partial charge in [0.25, 0.3) is 0 Å². The Balaban J connectivity index is 2.14. The molecule has 1 aliphatic rings. The highest BCUT2D eigenvalue weighted by Crippen LogP contribution is 2.26. The molecule has 90 valence electrons. The molecule has 0 bridgehead atoms. The van der Waals surface area contributed by atoms with Gasteiger partial charge in [-0.3, -0.25) is 0 Å². The number of imidazole rings is 1. The van der Waals surface area contributed by atoms with Crippen molar-refractivity contribution in [3.8, 4) is 11.6 Å². The lowest BCUT2D eigenvalue weighted by atomic mass is 10.4. The Labute approximate surface area is 98.3 Å². The van der Waals surface area contributed by atoms with Crippen LogP contribution in [0.15, 0.2) is 6.33 Å². The number of aromatic nitrogens is 5. The molecule has 0 atom stereocenters. The third kappa shape index (κ3) is 1.47. The number of hydrogen-bond donors (Lipinski definition) is 1. The van der Waals surface area contributed by atoms with E-state index in [2.05, 4.69) is 26.7 Å². The van der Waals surface area contributed by atoms with Crippen molar-refractivity contribution < 1.29 is 5.21 Å². The van der Waals surface area contributed by atoms with E-state index >= 15 is 0 Å². The van der Waals surface area contributed by atoms with E-state index in [1.807, 2.05) is 11.6 Å². The zero-order valence-electron chi connectivity index (χ0n) is 9.83. The van der Waals surface area contributed by atoms with Gasteiger partial charge in [0, 0.05) is 13.6 Å². The van der Waals surface area contributed by atoms with E-state index < -0.39 is 0 Å². The SMILES string of the molecule is CCn1c(-c2nncn2C)nc2c1CN(O)C2. The quantitative estimate of drug-likeness (QED) is 0.814. The summed E-state index contributed by atoms with van der Waals surface area (Å²) in [5.74, 6) is 1.58. The second-order valence-electron chi connectivity index (χ2n) is 4.16. The Morgan fingerprint density at radius 3 is 2.82 bits per heavy atom. The van der Waals surface area contributed by atoms with Crippen molar-refractivity contribution in [3.63, 3.8) is 0 Å². The van der Waals surface area contributed by atoms with Gasteiger partial charge in [0.05, 0.1) is 24.5 Å². The Bertz CT molecular complexity index is 557. The largest absolute Gasteiger partial charge is 0.324 e. The van der Waals surface area contributed by atoms with Gasteiger partial charge in [-0.15, -0.1) is 10.2 Å². The van der Waals surface area contributed by atoms with Crippen LogP contribution in [-0.4, -0.2) is 34.6 Å². The Morgan fingerprint density at radius 2 is 2.18 bits per heavy atom. The lowest BCUT2D eigenvalue weighted by Gasteiger charge is -2.09. The van der Waals surface area contributed by atoms with Gasteiger partial charge in [-0.25, -0.2) is 4.98 Å². The number of fused-ring (bicyclic) bond motifs is 1. The van der Waals surface area contributed by atoms with Crippen LogP contribution < -0.4 is 0 Å². The molecule has 1 N–H and O–H groups in total. The average Bonchev–Trinajstić information content (AvgIpc) is 2.91. The highest BCUT2D eigenvalue weighted by Gasteiger charge is 2.27. The van der Waals surface area contributed by atoms with Crippen LogP contribution >= 0.6 is 0 Å². The Hall–Kier alpha value is -1.73. The fourth-order valence-corrected chi connectivity index (χ4v) is 2.24. The predicted octanol–water partition coefficient (Wildman–Crippen LogP) is 0.403. The van der Waals surface area contributed by atoms with Crippen molar-refractivity contribution >= 4 is 0 Å². The molecule has 3 rings (SSSR count). The van der Waals surface area contributed by atoms with Crippen molar-refractivity contribution in [2.45, 2.75) is 26.6 Å². The summed E-state index contributed by atoms with van der Waals surface area (Å²) in [6, 6.07) is 0. The molecule has 2 aromatic rings. The first-order chi connectivity index (χ1) is 8.20. The van der Waals surface area contributed by atoms with Crippen LogP contribution in [0, 0.1) is 0 Å². The summed E-state index contributed by atoms with van der Waals surface area (Å²) >= 11 is 0. The normalized spacial score (nSPS) is 15.5. The van der Waals surface area contributed by atoms with Crippen LogP contribution in [0.5, 0.6) is 0 Å². The van der Waals surface area contributed by atoms with Gasteiger partial charge in [-0.2, -0.15) is 5.06 Å². The highest BCUT2D eigenvalue weighted by molar-refractivity contribution is 5.47. The van der Waals surface area contributed by atoms with Gasteiger partial charge in [0.1, 0.15) is 6.33 Å². The molecule has 2 aromatic heterocycles. The van der Waals surface area contributed by atoms with E-state index in [1.54, 1.807) is 6.33 Å². The second kappa shape index (κ2) is 3.64. The van der Waals surface area contributed by atoms with E-state index in [-0.39, 0.29) is 0 Å². The monoisotopic (exact) mass is 234 g/mol. The number of nitrogens with zero attached hydrogens (tertiary/aromatic N) is 6. The molecule has 0 saturated heterocycles. The van der Waals surface area contributed by atoms with Crippen LogP contribution in [0.25, 0.3) is 11.6 Å². The minimum absolute atomic E-state index is 0.479. The number of rotatable bonds is 2. The first kappa shape index (κ1) is 10.4. The van der Waals surface area contributed by atoms with Gasteiger partial charge >= 0.3 is 0 Å². The zero-order valence-corrected chi connectivity index (χ0v) is 9.83. The maximum Gasteiger partial charge on any atom is 0.199 e. The number of hydroxylamine groups is 2. The van der Waals surface area contributed by atoms with Crippen molar-refractivity contribution in [2.75, 3.05) is 0 Å². The first-order valence-corrected chi connectivity index (χ1v) is 5.57. The molecule has 7 nitrogen and oxygen atoms in total. The van der Waals surface area contributed by atoms with Gasteiger partial charge in [-0.05, 0) is 6.92 Å². The molecule has 0 unspecified atom stereocenters. The maximum atomic E-state index is 9.48. The topological polar surface area (TPSA) is 72.0 Å². The van der Waals surface area contributed by atoms with E-state index in [0.29, 0.717) is 13.1 Å². The number of hydrogen-bond acceptors (Lipinski definition) is 5. The van der Waals surface area contributed by atoms with Crippen LogP contribution in [0.3, 0.4) is 0 Å². The molecule has 17 heavy (non-hydrogen) atoms. The van der Waals surface area contributed by atoms with Crippen LogP contribution in [0.2, 0.25) is 0 Å². The van der Waals surface area contributed by atoms with Gasteiger partial charge in [-0.1, -0.05) is 0 Å². The van der Waals surface area contributed by atoms with Crippen molar-refractivity contribution in [1.82, 2.24) is 29.4 Å².